The van der Waals surface area contributed by atoms with Crippen LogP contribution in [-0.2, 0) is 11.3 Å². The van der Waals surface area contributed by atoms with Gasteiger partial charge in [-0.25, -0.2) is 9.78 Å². The third-order valence-corrected chi connectivity index (χ3v) is 4.05. The summed E-state index contributed by atoms with van der Waals surface area (Å²) in [6.45, 7) is 4.56. The van der Waals surface area contributed by atoms with E-state index in [0.717, 1.165) is 16.9 Å². The van der Waals surface area contributed by atoms with E-state index >= 15 is 0 Å². The van der Waals surface area contributed by atoms with Crippen molar-refractivity contribution >= 4 is 17.0 Å². The average Bonchev–Trinajstić information content (AvgIpc) is 2.96. The van der Waals surface area contributed by atoms with Gasteiger partial charge in [-0.3, -0.25) is 0 Å². The minimum Gasteiger partial charge on any atom is -0.491 e. The van der Waals surface area contributed by atoms with Gasteiger partial charge in [0.05, 0.1) is 29.7 Å². The molecule has 0 spiro atoms. The molecule has 0 saturated heterocycles. The van der Waals surface area contributed by atoms with Crippen molar-refractivity contribution in [3.05, 3.63) is 59.9 Å². The normalized spacial score (nSPS) is 12.1. The molecular weight excluding hydrogens is 332 g/mol. The van der Waals surface area contributed by atoms with E-state index in [9.17, 15) is 9.90 Å². The van der Waals surface area contributed by atoms with Crippen LogP contribution in [0.5, 0.6) is 5.75 Å². The Bertz CT molecular complexity index is 886. The van der Waals surface area contributed by atoms with Gasteiger partial charge in [-0.2, -0.15) is 0 Å². The van der Waals surface area contributed by atoms with Crippen LogP contribution in [-0.4, -0.2) is 39.9 Å². The van der Waals surface area contributed by atoms with Gasteiger partial charge in [0.15, 0.2) is 0 Å². The Balaban J connectivity index is 1.59. The topological polar surface area (TPSA) is 73.6 Å². The smallest absolute Gasteiger partial charge is 0.338 e. The monoisotopic (exact) mass is 354 g/mol. The molecule has 0 radical (unpaired) electrons. The number of hydrogen-bond donors (Lipinski definition) is 1. The summed E-state index contributed by atoms with van der Waals surface area (Å²) in [5.41, 5.74) is 2.37. The number of aryl methyl sites for hydroxylation is 1. The largest absolute Gasteiger partial charge is 0.491 e. The summed E-state index contributed by atoms with van der Waals surface area (Å²) in [5, 5.41) is 10.3. The number of para-hydroxylation sites is 2. The van der Waals surface area contributed by atoms with E-state index in [1.54, 1.807) is 31.2 Å². The summed E-state index contributed by atoms with van der Waals surface area (Å²) in [6.07, 6.45) is -0.684. The van der Waals surface area contributed by atoms with Gasteiger partial charge in [0.2, 0.25) is 0 Å². The first kappa shape index (κ1) is 17.9. The zero-order chi connectivity index (χ0) is 18.5. The second kappa shape index (κ2) is 8.01. The highest BCUT2D eigenvalue weighted by Gasteiger charge is 2.13. The van der Waals surface area contributed by atoms with Crippen LogP contribution in [0, 0.1) is 6.92 Å². The van der Waals surface area contributed by atoms with Gasteiger partial charge in [0.25, 0.3) is 0 Å². The first-order valence-electron chi connectivity index (χ1n) is 8.58. The number of aliphatic hydroxyl groups excluding tert-OH is 1. The molecule has 0 saturated carbocycles. The van der Waals surface area contributed by atoms with Crippen LogP contribution >= 0.6 is 0 Å². The Hall–Kier alpha value is -2.86. The first-order chi connectivity index (χ1) is 12.6. The van der Waals surface area contributed by atoms with Crippen LogP contribution in [0.15, 0.2) is 48.5 Å². The fourth-order valence-corrected chi connectivity index (χ4v) is 2.78. The molecular formula is C20H22N2O4. The highest BCUT2D eigenvalue weighted by Crippen LogP contribution is 2.17. The Labute approximate surface area is 152 Å². The van der Waals surface area contributed by atoms with Crippen molar-refractivity contribution in [3.63, 3.8) is 0 Å². The molecule has 136 valence electrons. The fourth-order valence-electron chi connectivity index (χ4n) is 2.78. The quantitative estimate of drug-likeness (QED) is 0.660. The molecule has 3 aromatic rings. The summed E-state index contributed by atoms with van der Waals surface area (Å²) < 4.78 is 12.5. The van der Waals surface area contributed by atoms with Gasteiger partial charge in [-0.05, 0) is 50.2 Å². The van der Waals surface area contributed by atoms with Crippen LogP contribution in [0.3, 0.4) is 0 Å². The van der Waals surface area contributed by atoms with Crippen LogP contribution in [0.25, 0.3) is 11.0 Å². The standard InChI is InChI=1S/C20H22N2O4/c1-3-25-20(24)15-8-10-17(11-9-15)26-13-16(23)12-22-14(2)21-18-6-4-5-7-19(18)22/h4-11,16,23H,3,12-13H2,1-2H3. The zero-order valence-electron chi connectivity index (χ0n) is 14.9. The lowest BCUT2D eigenvalue weighted by atomic mass is 10.2. The predicted molar refractivity (Wildman–Crippen MR) is 98.4 cm³/mol. The van der Waals surface area contributed by atoms with Gasteiger partial charge in [-0.1, -0.05) is 12.1 Å². The van der Waals surface area contributed by atoms with Gasteiger partial charge >= 0.3 is 5.97 Å². The van der Waals surface area contributed by atoms with Crippen molar-refractivity contribution in [1.82, 2.24) is 9.55 Å². The molecule has 0 aliphatic carbocycles. The first-order valence-corrected chi connectivity index (χ1v) is 8.58. The third-order valence-electron chi connectivity index (χ3n) is 4.05. The molecule has 1 heterocycles. The number of nitrogens with zero attached hydrogens (tertiary/aromatic N) is 2. The number of aliphatic hydroxyl groups is 1. The number of imidazole rings is 1. The molecule has 0 amide bonds. The van der Waals surface area contributed by atoms with Crippen molar-refractivity contribution in [3.8, 4) is 5.75 Å². The molecule has 3 rings (SSSR count). The van der Waals surface area contributed by atoms with Crippen molar-refractivity contribution < 1.29 is 19.4 Å². The maximum Gasteiger partial charge on any atom is 0.338 e. The van der Waals surface area contributed by atoms with E-state index < -0.39 is 6.10 Å². The van der Waals surface area contributed by atoms with Crippen molar-refractivity contribution in [2.75, 3.05) is 13.2 Å². The number of carbonyl (C=O) groups excluding carboxylic acids is 1. The second-order valence-electron chi connectivity index (χ2n) is 5.97. The SMILES string of the molecule is CCOC(=O)c1ccc(OCC(O)Cn2c(C)nc3ccccc32)cc1. The van der Waals surface area contributed by atoms with Crippen molar-refractivity contribution in [1.29, 1.82) is 0 Å². The maximum atomic E-state index is 11.6. The van der Waals surface area contributed by atoms with E-state index in [2.05, 4.69) is 4.98 Å². The predicted octanol–water partition coefficient (Wildman–Crippen LogP) is 2.96. The number of benzene rings is 2. The summed E-state index contributed by atoms with van der Waals surface area (Å²) >= 11 is 0. The third kappa shape index (κ3) is 4.03. The van der Waals surface area contributed by atoms with Crippen LogP contribution < -0.4 is 4.74 Å². The number of ether oxygens (including phenoxy) is 2. The molecule has 26 heavy (non-hydrogen) atoms. The maximum absolute atomic E-state index is 11.6. The summed E-state index contributed by atoms with van der Waals surface area (Å²) in [6, 6.07) is 14.5. The molecule has 0 fully saturated rings. The molecule has 6 heteroatoms. The van der Waals surface area contributed by atoms with Gasteiger partial charge in [0.1, 0.15) is 24.3 Å². The Morgan fingerprint density at radius 1 is 1.19 bits per heavy atom. The zero-order valence-corrected chi connectivity index (χ0v) is 14.9. The highest BCUT2D eigenvalue weighted by molar-refractivity contribution is 5.89. The number of fused-ring (bicyclic) bond motifs is 1. The van der Waals surface area contributed by atoms with E-state index in [0.29, 0.717) is 24.5 Å². The van der Waals surface area contributed by atoms with E-state index in [4.69, 9.17) is 9.47 Å². The van der Waals surface area contributed by atoms with Crippen molar-refractivity contribution in [2.24, 2.45) is 0 Å². The molecule has 1 unspecified atom stereocenters. The lowest BCUT2D eigenvalue weighted by molar-refractivity contribution is 0.0526. The average molecular weight is 354 g/mol. The van der Waals surface area contributed by atoms with Crippen molar-refractivity contribution in [2.45, 2.75) is 26.5 Å². The Morgan fingerprint density at radius 2 is 1.92 bits per heavy atom. The second-order valence-corrected chi connectivity index (χ2v) is 5.97. The molecule has 1 aromatic heterocycles. The lowest BCUT2D eigenvalue weighted by Crippen LogP contribution is -2.24. The number of hydrogen-bond acceptors (Lipinski definition) is 5. The Morgan fingerprint density at radius 3 is 2.65 bits per heavy atom. The fraction of sp³-hybridized carbons (Fsp3) is 0.300. The lowest BCUT2D eigenvalue weighted by Gasteiger charge is -2.15. The van der Waals surface area contributed by atoms with Crippen LogP contribution in [0.2, 0.25) is 0 Å². The number of aromatic nitrogens is 2. The summed E-state index contributed by atoms with van der Waals surface area (Å²) in [4.78, 5) is 16.1. The molecule has 1 atom stereocenters. The molecule has 6 nitrogen and oxygen atoms in total. The van der Waals surface area contributed by atoms with E-state index in [1.807, 2.05) is 35.8 Å². The summed E-state index contributed by atoms with van der Waals surface area (Å²) in [5.74, 6) is 1.08. The number of rotatable bonds is 7. The minimum absolute atomic E-state index is 0.144. The van der Waals surface area contributed by atoms with Crippen LogP contribution in [0.4, 0.5) is 0 Å². The summed E-state index contributed by atoms with van der Waals surface area (Å²) in [7, 11) is 0. The Kier molecular flexibility index (Phi) is 5.53. The molecule has 0 bridgehead atoms. The van der Waals surface area contributed by atoms with Crippen LogP contribution in [0.1, 0.15) is 23.1 Å². The molecule has 0 aliphatic rings. The molecule has 2 aromatic carbocycles. The number of esters is 1. The van der Waals surface area contributed by atoms with Gasteiger partial charge in [-0.15, -0.1) is 0 Å². The van der Waals surface area contributed by atoms with Gasteiger partial charge < -0.3 is 19.1 Å². The number of carbonyl (C=O) groups is 1. The van der Waals surface area contributed by atoms with E-state index in [-0.39, 0.29) is 12.6 Å². The molecule has 1 N–H and O–H groups in total. The molecule has 0 aliphatic heterocycles. The van der Waals surface area contributed by atoms with Gasteiger partial charge in [0, 0.05) is 0 Å². The van der Waals surface area contributed by atoms with E-state index in [1.165, 1.54) is 0 Å². The highest BCUT2D eigenvalue weighted by atomic mass is 16.5. The minimum atomic E-state index is -0.684.